The van der Waals surface area contributed by atoms with Gasteiger partial charge in [0.1, 0.15) is 26.8 Å². The van der Waals surface area contributed by atoms with Crippen LogP contribution in [0.4, 0.5) is 8.78 Å². The number of halogens is 2. The molecule has 2 aliphatic heterocycles. The van der Waals surface area contributed by atoms with Crippen LogP contribution in [0.25, 0.3) is 0 Å². The molecule has 2 rings (SSSR count). The Kier molecular flexibility index (Phi) is 8.11. The lowest BCUT2D eigenvalue weighted by atomic mass is 9.51. The van der Waals surface area contributed by atoms with Gasteiger partial charge in [-0.2, -0.15) is 0 Å². The SMILES string of the molecule is [B][B][C@H]1C[C@@H](OC)[C@@H](COP([O-])(=S)O[C@H]2[C@@H](COC)O[C@@H]([B])C2(F)F)O1. The zero-order valence-corrected chi connectivity index (χ0v) is 16.0. The van der Waals surface area contributed by atoms with Crippen molar-refractivity contribution in [2.75, 3.05) is 27.4 Å². The van der Waals surface area contributed by atoms with E-state index in [9.17, 15) is 13.7 Å². The number of methoxy groups -OCH3 is 2. The van der Waals surface area contributed by atoms with Gasteiger partial charge in [-0.3, -0.25) is 0 Å². The summed E-state index contributed by atoms with van der Waals surface area (Å²) >= 11 is 4.74. The van der Waals surface area contributed by atoms with Gasteiger partial charge in [-0.1, -0.05) is 11.8 Å². The minimum Gasteiger partial charge on any atom is -0.780 e. The van der Waals surface area contributed by atoms with E-state index in [0.29, 0.717) is 6.42 Å². The summed E-state index contributed by atoms with van der Waals surface area (Å²) in [6.45, 7) is -4.81. The highest BCUT2D eigenvalue weighted by atomic mass is 32.5. The fourth-order valence-electron chi connectivity index (χ4n) is 2.79. The van der Waals surface area contributed by atoms with E-state index in [-0.39, 0.29) is 25.3 Å². The van der Waals surface area contributed by atoms with E-state index in [0.717, 1.165) is 0 Å². The van der Waals surface area contributed by atoms with Gasteiger partial charge in [-0.15, -0.1) is 0 Å². The molecule has 14 heteroatoms. The zero-order valence-electron chi connectivity index (χ0n) is 14.3. The third kappa shape index (κ3) is 5.27. The molecule has 2 aliphatic rings. The standard InChI is InChI=1S/C12H19B3F2O7PS/c1-19-4-8-10(12(16,17)11(13)23-8)24-25(18,26)21-5-7-6(20-2)3-9(15-14)22-7/h6-11H,3-5H2,1-2H3,(H,18,26)/p-1/t6-,7-,8-,9-,10+,11-,25?/m1/s1. The highest BCUT2D eigenvalue weighted by Gasteiger charge is 2.58. The van der Waals surface area contributed by atoms with Crippen LogP contribution in [0.15, 0.2) is 0 Å². The number of hydrogen-bond acceptors (Lipinski definition) is 8. The van der Waals surface area contributed by atoms with E-state index in [4.69, 9.17) is 55.4 Å². The molecule has 2 heterocycles. The van der Waals surface area contributed by atoms with Gasteiger partial charge in [0.2, 0.25) is 0 Å². The summed E-state index contributed by atoms with van der Waals surface area (Å²) in [6.07, 6.45) is -3.73. The van der Waals surface area contributed by atoms with Crippen molar-refractivity contribution in [2.24, 2.45) is 0 Å². The van der Waals surface area contributed by atoms with Crippen LogP contribution in [0.3, 0.4) is 0 Å². The van der Waals surface area contributed by atoms with E-state index in [2.05, 4.69) is 0 Å². The largest absolute Gasteiger partial charge is 0.780 e. The van der Waals surface area contributed by atoms with E-state index in [1.807, 2.05) is 0 Å². The summed E-state index contributed by atoms with van der Waals surface area (Å²) in [7, 11) is 14.8. The second-order valence-electron chi connectivity index (χ2n) is 5.91. The van der Waals surface area contributed by atoms with Crippen LogP contribution in [0.2, 0.25) is 0 Å². The third-order valence-electron chi connectivity index (χ3n) is 4.13. The molecule has 0 aliphatic carbocycles. The van der Waals surface area contributed by atoms with Gasteiger partial charge >= 0.3 is 0 Å². The smallest absolute Gasteiger partial charge is 0.293 e. The summed E-state index contributed by atoms with van der Waals surface area (Å²) in [6, 6.07) is -2.30. The van der Waals surface area contributed by atoms with E-state index in [1.54, 1.807) is 0 Å². The summed E-state index contributed by atoms with van der Waals surface area (Å²) in [5.41, 5.74) is 0. The molecule has 2 fully saturated rings. The maximum atomic E-state index is 14.1. The summed E-state index contributed by atoms with van der Waals surface area (Å²) < 4.78 is 58.7. The molecule has 0 amide bonds. The van der Waals surface area contributed by atoms with Crippen LogP contribution in [0.1, 0.15) is 6.42 Å². The van der Waals surface area contributed by atoms with Crippen LogP contribution in [0.5, 0.6) is 0 Å². The first-order valence-corrected chi connectivity index (χ1v) is 10.3. The van der Waals surface area contributed by atoms with Crippen molar-refractivity contribution in [1.82, 2.24) is 0 Å². The lowest BCUT2D eigenvalue weighted by Crippen LogP contribution is -2.43. The van der Waals surface area contributed by atoms with Crippen molar-refractivity contribution < 1.29 is 41.7 Å². The van der Waals surface area contributed by atoms with Crippen LogP contribution < -0.4 is 4.89 Å². The van der Waals surface area contributed by atoms with Crippen molar-refractivity contribution in [1.29, 1.82) is 0 Å². The predicted molar refractivity (Wildman–Crippen MR) is 91.9 cm³/mol. The molecule has 26 heavy (non-hydrogen) atoms. The molecule has 0 bridgehead atoms. The molecule has 5 radical (unpaired) electrons. The molecular weight excluding hydrogens is 390 g/mol. The zero-order chi connectivity index (χ0) is 19.5. The van der Waals surface area contributed by atoms with Gasteiger partial charge in [0, 0.05) is 28.0 Å². The van der Waals surface area contributed by atoms with Gasteiger partial charge in [0.05, 0.1) is 32.5 Å². The Balaban J connectivity index is 1.97. The molecule has 0 aromatic carbocycles. The molecule has 7 atom stereocenters. The molecule has 1 unspecified atom stereocenters. The van der Waals surface area contributed by atoms with Crippen LogP contribution in [-0.4, -0.2) is 92.5 Å². The Hall–Kier alpha value is 0.425. The Bertz CT molecular complexity index is 523. The first kappa shape index (κ1) is 22.7. The third-order valence-corrected chi connectivity index (χ3v) is 5.66. The van der Waals surface area contributed by atoms with Crippen molar-refractivity contribution in [2.45, 2.75) is 48.8 Å². The second-order valence-corrected chi connectivity index (χ2v) is 8.61. The van der Waals surface area contributed by atoms with Gasteiger partial charge in [0.15, 0.2) is 6.10 Å². The van der Waals surface area contributed by atoms with Crippen molar-refractivity contribution in [3.05, 3.63) is 0 Å². The topological polar surface area (TPSA) is 78.4 Å². The molecule has 0 aromatic rings. The normalized spacial score (nSPS) is 39.0. The fraction of sp³-hybridized carbons (Fsp3) is 1.00. The van der Waals surface area contributed by atoms with Crippen molar-refractivity contribution >= 4 is 41.3 Å². The second kappa shape index (κ2) is 9.28. The Labute approximate surface area is 159 Å². The fourth-order valence-corrected chi connectivity index (χ4v) is 4.20. The maximum Gasteiger partial charge on any atom is 0.293 e. The van der Waals surface area contributed by atoms with Crippen LogP contribution >= 0.6 is 6.72 Å². The van der Waals surface area contributed by atoms with Crippen LogP contribution in [-0.2, 0) is 39.8 Å². The number of hydrogen-bond donors (Lipinski definition) is 0. The van der Waals surface area contributed by atoms with Crippen molar-refractivity contribution in [3.8, 4) is 0 Å². The molecular formula is C12H18B3F2O7PS-. The quantitative estimate of drug-likeness (QED) is 0.358. The average Bonchev–Trinajstić information content (AvgIpc) is 3.07. The number of ether oxygens (including phenoxy) is 4. The van der Waals surface area contributed by atoms with Crippen molar-refractivity contribution in [3.63, 3.8) is 0 Å². The lowest BCUT2D eigenvalue weighted by Gasteiger charge is -2.35. The van der Waals surface area contributed by atoms with Crippen LogP contribution in [0, 0.1) is 0 Å². The van der Waals surface area contributed by atoms with E-state index >= 15 is 0 Å². The Morgan fingerprint density at radius 1 is 1.31 bits per heavy atom. The highest BCUT2D eigenvalue weighted by Crippen LogP contribution is 2.48. The average molecular weight is 408 g/mol. The number of rotatable bonds is 9. The molecule has 0 saturated carbocycles. The Morgan fingerprint density at radius 2 is 2.00 bits per heavy atom. The summed E-state index contributed by atoms with van der Waals surface area (Å²) in [4.78, 5) is 12.4. The summed E-state index contributed by atoms with van der Waals surface area (Å²) in [5.74, 6) is -3.61. The maximum absolute atomic E-state index is 14.1. The van der Waals surface area contributed by atoms with Gasteiger partial charge in [-0.05, 0) is 6.42 Å². The predicted octanol–water partition coefficient (Wildman–Crippen LogP) is -0.934. The van der Waals surface area contributed by atoms with E-state index < -0.39 is 37.0 Å². The van der Waals surface area contributed by atoms with Gasteiger partial charge in [-0.25, -0.2) is 8.78 Å². The minimum absolute atomic E-state index is 0.241. The molecule has 0 aromatic heterocycles. The van der Waals surface area contributed by atoms with Gasteiger partial charge < -0.3 is 32.9 Å². The van der Waals surface area contributed by atoms with Gasteiger partial charge in [0.25, 0.3) is 5.92 Å². The molecule has 143 valence electrons. The lowest BCUT2D eigenvalue weighted by molar-refractivity contribution is -0.223. The first-order chi connectivity index (χ1) is 12.1. The molecule has 0 N–H and O–H groups in total. The molecule has 7 nitrogen and oxygen atoms in total. The molecule has 0 spiro atoms. The molecule has 2 saturated heterocycles. The summed E-state index contributed by atoms with van der Waals surface area (Å²) in [5, 5.41) is 0. The number of alkyl halides is 2. The Morgan fingerprint density at radius 3 is 2.58 bits per heavy atom. The first-order valence-electron chi connectivity index (χ1n) is 7.79. The highest BCUT2D eigenvalue weighted by molar-refractivity contribution is 8.06. The minimum atomic E-state index is -4.29. The monoisotopic (exact) mass is 408 g/mol. The van der Waals surface area contributed by atoms with E-state index in [1.165, 1.54) is 21.4 Å².